The number of nitrogens with zero attached hydrogens (tertiary/aromatic N) is 4. The minimum Gasteiger partial charge on any atom is -0.303 e. The van der Waals surface area contributed by atoms with Crippen molar-refractivity contribution in [2.45, 2.75) is 13.0 Å². The number of aldehydes is 1. The molecule has 0 atom stereocenters. The zero-order chi connectivity index (χ0) is 17.1. The van der Waals surface area contributed by atoms with Gasteiger partial charge in [0.2, 0.25) is 0 Å². The highest BCUT2D eigenvalue weighted by atomic mass is 35.5. The van der Waals surface area contributed by atoms with Gasteiger partial charge in [-0.15, -0.1) is 0 Å². The Kier molecular flexibility index (Phi) is 4.61. The number of hydrogen-bond acceptors (Lipinski definition) is 4. The minimum absolute atomic E-state index is 0.0936. The molecule has 0 radical (unpaired) electrons. The number of rotatable bonds is 5. The molecular formula is C16H11ClF2N4O. The maximum absolute atomic E-state index is 13.8. The van der Waals surface area contributed by atoms with Crippen LogP contribution in [0.15, 0.2) is 36.5 Å². The van der Waals surface area contributed by atoms with E-state index in [4.69, 9.17) is 11.6 Å². The fourth-order valence-electron chi connectivity index (χ4n) is 2.21. The van der Waals surface area contributed by atoms with Crippen molar-refractivity contribution in [3.05, 3.63) is 64.6 Å². The van der Waals surface area contributed by atoms with Crippen molar-refractivity contribution in [3.63, 3.8) is 0 Å². The monoisotopic (exact) mass is 348 g/mol. The molecule has 0 aliphatic heterocycles. The standard InChI is InChI=1S/C16H11ClF2N4O/c17-15-13(19)8-20-16(21-15)14-7-11(5-6-24)23(22-14)9-10-3-1-2-4-12(10)18/h1-4,6-8H,5,9H2. The van der Waals surface area contributed by atoms with E-state index in [-0.39, 0.29) is 29.8 Å². The van der Waals surface area contributed by atoms with Gasteiger partial charge in [0.15, 0.2) is 16.8 Å². The summed E-state index contributed by atoms with van der Waals surface area (Å²) in [7, 11) is 0. The third-order valence-electron chi connectivity index (χ3n) is 3.36. The van der Waals surface area contributed by atoms with Gasteiger partial charge in [-0.2, -0.15) is 5.10 Å². The molecule has 0 spiro atoms. The molecule has 0 fully saturated rings. The second kappa shape index (κ2) is 6.84. The van der Waals surface area contributed by atoms with E-state index >= 15 is 0 Å². The van der Waals surface area contributed by atoms with E-state index in [1.165, 1.54) is 10.7 Å². The lowest BCUT2D eigenvalue weighted by Crippen LogP contribution is -2.08. The molecule has 24 heavy (non-hydrogen) atoms. The van der Waals surface area contributed by atoms with Gasteiger partial charge in [-0.3, -0.25) is 4.68 Å². The van der Waals surface area contributed by atoms with Crippen LogP contribution in [0.25, 0.3) is 11.5 Å². The Morgan fingerprint density at radius 1 is 1.21 bits per heavy atom. The number of carbonyl (C=O) groups excluding carboxylic acids is 1. The second-order valence-corrected chi connectivity index (χ2v) is 5.33. The third-order valence-corrected chi connectivity index (χ3v) is 3.63. The molecule has 3 rings (SSSR count). The van der Waals surface area contributed by atoms with Crippen LogP contribution >= 0.6 is 11.6 Å². The van der Waals surface area contributed by atoms with Crippen LogP contribution in [0, 0.1) is 11.6 Å². The Morgan fingerprint density at radius 2 is 2.00 bits per heavy atom. The summed E-state index contributed by atoms with van der Waals surface area (Å²) in [4.78, 5) is 18.5. The molecule has 0 aliphatic rings. The lowest BCUT2D eigenvalue weighted by molar-refractivity contribution is -0.107. The quantitative estimate of drug-likeness (QED) is 0.525. The molecule has 0 unspecified atom stereocenters. The Labute approximate surface area is 140 Å². The van der Waals surface area contributed by atoms with Crippen molar-refractivity contribution < 1.29 is 13.6 Å². The molecule has 1 aromatic carbocycles. The molecule has 5 nitrogen and oxygen atoms in total. The van der Waals surface area contributed by atoms with Gasteiger partial charge in [-0.25, -0.2) is 18.7 Å². The first-order valence-electron chi connectivity index (χ1n) is 7.00. The molecule has 2 aromatic heterocycles. The largest absolute Gasteiger partial charge is 0.303 e. The maximum Gasteiger partial charge on any atom is 0.181 e. The van der Waals surface area contributed by atoms with Crippen LogP contribution in [-0.4, -0.2) is 26.0 Å². The van der Waals surface area contributed by atoms with Crippen molar-refractivity contribution in [3.8, 4) is 11.5 Å². The van der Waals surface area contributed by atoms with E-state index in [0.29, 0.717) is 17.0 Å². The van der Waals surface area contributed by atoms with Gasteiger partial charge >= 0.3 is 0 Å². The normalized spacial score (nSPS) is 10.8. The van der Waals surface area contributed by atoms with E-state index in [2.05, 4.69) is 15.1 Å². The van der Waals surface area contributed by atoms with Crippen LogP contribution < -0.4 is 0 Å². The van der Waals surface area contributed by atoms with Gasteiger partial charge in [0, 0.05) is 17.7 Å². The SMILES string of the molecule is O=CCc1cc(-c2ncc(F)c(Cl)n2)nn1Cc1ccccc1F. The number of halogens is 3. The first-order valence-corrected chi connectivity index (χ1v) is 7.38. The third kappa shape index (κ3) is 3.30. The minimum atomic E-state index is -0.737. The van der Waals surface area contributed by atoms with Crippen molar-refractivity contribution in [1.29, 1.82) is 0 Å². The van der Waals surface area contributed by atoms with E-state index in [1.54, 1.807) is 24.3 Å². The molecule has 8 heteroatoms. The molecule has 0 N–H and O–H groups in total. The van der Waals surface area contributed by atoms with Gasteiger partial charge in [-0.1, -0.05) is 29.8 Å². The predicted octanol–water partition coefficient (Wildman–Crippen LogP) is 3.06. The molecule has 0 saturated carbocycles. The number of hydrogen-bond donors (Lipinski definition) is 0. The van der Waals surface area contributed by atoms with Gasteiger partial charge in [0.25, 0.3) is 0 Å². The Bertz CT molecular complexity index is 898. The first kappa shape index (κ1) is 16.2. The zero-order valence-corrected chi connectivity index (χ0v) is 13.0. The van der Waals surface area contributed by atoms with Crippen LogP contribution in [0.5, 0.6) is 0 Å². The summed E-state index contributed by atoms with van der Waals surface area (Å²) >= 11 is 5.66. The van der Waals surface area contributed by atoms with Crippen LogP contribution in [0.3, 0.4) is 0 Å². The van der Waals surface area contributed by atoms with Gasteiger partial charge in [0.1, 0.15) is 17.8 Å². The molecule has 3 aromatic rings. The van der Waals surface area contributed by atoms with Crippen LogP contribution in [0.1, 0.15) is 11.3 Å². The van der Waals surface area contributed by atoms with E-state index in [1.807, 2.05) is 0 Å². The lowest BCUT2D eigenvalue weighted by atomic mass is 10.2. The lowest BCUT2D eigenvalue weighted by Gasteiger charge is -2.06. The smallest absolute Gasteiger partial charge is 0.181 e. The summed E-state index contributed by atoms with van der Waals surface area (Å²) in [6, 6.07) is 7.88. The van der Waals surface area contributed by atoms with Crippen molar-refractivity contribution in [1.82, 2.24) is 19.7 Å². The molecular weight excluding hydrogens is 338 g/mol. The number of benzene rings is 1. The zero-order valence-electron chi connectivity index (χ0n) is 12.3. The molecule has 2 heterocycles. The predicted molar refractivity (Wildman–Crippen MR) is 83.5 cm³/mol. The van der Waals surface area contributed by atoms with Gasteiger partial charge < -0.3 is 4.79 Å². The van der Waals surface area contributed by atoms with Crippen molar-refractivity contribution in [2.24, 2.45) is 0 Å². The van der Waals surface area contributed by atoms with Crippen LogP contribution in [-0.2, 0) is 17.8 Å². The van der Waals surface area contributed by atoms with E-state index in [0.717, 1.165) is 12.5 Å². The van der Waals surface area contributed by atoms with E-state index in [9.17, 15) is 13.6 Å². The summed E-state index contributed by atoms with van der Waals surface area (Å²) in [5, 5.41) is 3.97. The van der Waals surface area contributed by atoms with Crippen LogP contribution in [0.4, 0.5) is 8.78 Å². The Morgan fingerprint density at radius 3 is 2.71 bits per heavy atom. The maximum atomic E-state index is 13.8. The number of aromatic nitrogens is 4. The van der Waals surface area contributed by atoms with Crippen LogP contribution in [0.2, 0.25) is 5.15 Å². The topological polar surface area (TPSA) is 60.7 Å². The fourth-order valence-corrected chi connectivity index (χ4v) is 2.34. The van der Waals surface area contributed by atoms with Gasteiger partial charge in [0.05, 0.1) is 12.7 Å². The number of carbonyl (C=O) groups is 1. The summed E-state index contributed by atoms with van der Waals surface area (Å²) in [6.07, 6.45) is 1.76. The second-order valence-electron chi connectivity index (χ2n) is 4.97. The average Bonchev–Trinajstić information content (AvgIpc) is 2.95. The Balaban J connectivity index is 2.00. The van der Waals surface area contributed by atoms with Crippen molar-refractivity contribution >= 4 is 17.9 Å². The summed E-state index contributed by atoms with van der Waals surface area (Å²) in [6.45, 7) is 0.144. The average molecular weight is 349 g/mol. The summed E-state index contributed by atoms with van der Waals surface area (Å²) in [5.41, 5.74) is 1.31. The van der Waals surface area contributed by atoms with E-state index < -0.39 is 5.82 Å². The first-order chi connectivity index (χ1) is 11.6. The molecule has 0 amide bonds. The van der Waals surface area contributed by atoms with Gasteiger partial charge in [-0.05, 0) is 12.1 Å². The molecule has 0 aliphatic carbocycles. The Hall–Kier alpha value is -2.67. The fraction of sp³-hybridized carbons (Fsp3) is 0.125. The summed E-state index contributed by atoms with van der Waals surface area (Å²) < 4.78 is 28.5. The molecule has 0 saturated heterocycles. The molecule has 122 valence electrons. The van der Waals surface area contributed by atoms with Crippen molar-refractivity contribution in [2.75, 3.05) is 0 Å². The molecule has 0 bridgehead atoms. The summed E-state index contributed by atoms with van der Waals surface area (Å²) in [5.74, 6) is -0.979. The highest BCUT2D eigenvalue weighted by molar-refractivity contribution is 6.29. The highest BCUT2D eigenvalue weighted by Gasteiger charge is 2.14. The highest BCUT2D eigenvalue weighted by Crippen LogP contribution is 2.20.